The molecule has 4 rings (SSSR count). The van der Waals surface area contributed by atoms with Crippen LogP contribution in [0.15, 0.2) is 30.3 Å². The molecule has 0 amide bonds. The first-order valence-electron chi connectivity index (χ1n) is 8.22. The highest BCUT2D eigenvalue weighted by Gasteiger charge is 2.15. The summed E-state index contributed by atoms with van der Waals surface area (Å²) in [5.41, 5.74) is 1.88. The zero-order valence-electron chi connectivity index (χ0n) is 14.3. The van der Waals surface area contributed by atoms with Crippen LogP contribution in [-0.2, 0) is 13.0 Å². The van der Waals surface area contributed by atoms with E-state index in [0.29, 0.717) is 22.5 Å². The first kappa shape index (κ1) is 16.6. The highest BCUT2D eigenvalue weighted by molar-refractivity contribution is 7.19. The van der Waals surface area contributed by atoms with E-state index in [4.69, 9.17) is 4.74 Å². The van der Waals surface area contributed by atoms with E-state index < -0.39 is 0 Å². The van der Waals surface area contributed by atoms with Crippen molar-refractivity contribution >= 4 is 16.3 Å². The minimum Gasteiger partial charge on any atom is -0.486 e. The van der Waals surface area contributed by atoms with Crippen LogP contribution in [0, 0.1) is 11.7 Å². The van der Waals surface area contributed by atoms with E-state index in [2.05, 4.69) is 39.3 Å². The quantitative estimate of drug-likeness (QED) is 0.560. The van der Waals surface area contributed by atoms with E-state index in [1.807, 2.05) is 6.07 Å². The molecule has 0 bridgehead atoms. The molecule has 0 radical (unpaired) electrons. The second kappa shape index (κ2) is 6.83. The summed E-state index contributed by atoms with van der Waals surface area (Å²) in [5.74, 6) is 1.38. The number of ether oxygens (including phenoxy) is 1. The first-order valence-corrected chi connectivity index (χ1v) is 9.04. The summed E-state index contributed by atoms with van der Waals surface area (Å²) >= 11 is 1.42. The molecule has 9 heteroatoms. The van der Waals surface area contributed by atoms with Gasteiger partial charge in [-0.05, 0) is 42.7 Å². The van der Waals surface area contributed by atoms with E-state index in [1.54, 1.807) is 16.6 Å². The van der Waals surface area contributed by atoms with Crippen LogP contribution in [0.1, 0.15) is 25.4 Å². The van der Waals surface area contributed by atoms with Crippen molar-refractivity contribution in [2.45, 2.75) is 26.9 Å². The average molecular weight is 372 g/mol. The Kier molecular flexibility index (Phi) is 4.37. The van der Waals surface area contributed by atoms with Gasteiger partial charge < -0.3 is 4.74 Å². The Bertz CT molecular complexity index is 1020. The summed E-state index contributed by atoms with van der Waals surface area (Å²) in [7, 11) is 0. The van der Waals surface area contributed by atoms with Crippen LogP contribution < -0.4 is 4.74 Å². The molecule has 0 atom stereocenters. The van der Waals surface area contributed by atoms with Gasteiger partial charge in [0.05, 0.1) is 0 Å². The summed E-state index contributed by atoms with van der Waals surface area (Å²) in [4.78, 5) is 0.672. The number of aromatic nitrogens is 6. The average Bonchev–Trinajstić information content (AvgIpc) is 3.29. The lowest BCUT2D eigenvalue weighted by Gasteiger charge is -2.03. The van der Waals surface area contributed by atoms with Gasteiger partial charge in [-0.2, -0.15) is 14.7 Å². The van der Waals surface area contributed by atoms with Gasteiger partial charge in [0.15, 0.2) is 10.8 Å². The maximum Gasteiger partial charge on any atom is 0.235 e. The van der Waals surface area contributed by atoms with Crippen molar-refractivity contribution in [3.05, 3.63) is 47.7 Å². The molecule has 7 nitrogen and oxygen atoms in total. The van der Waals surface area contributed by atoms with Crippen molar-refractivity contribution in [3.63, 3.8) is 0 Å². The number of halogens is 1. The van der Waals surface area contributed by atoms with Gasteiger partial charge >= 0.3 is 0 Å². The number of H-pyrrole nitrogens is 1. The van der Waals surface area contributed by atoms with E-state index in [0.717, 1.165) is 22.8 Å². The minimum atomic E-state index is -0.304. The van der Waals surface area contributed by atoms with E-state index >= 15 is 0 Å². The van der Waals surface area contributed by atoms with Crippen molar-refractivity contribution in [1.29, 1.82) is 0 Å². The predicted octanol–water partition coefficient (Wildman–Crippen LogP) is 3.49. The van der Waals surface area contributed by atoms with Crippen molar-refractivity contribution < 1.29 is 9.13 Å². The fourth-order valence-corrected chi connectivity index (χ4v) is 3.36. The fourth-order valence-electron chi connectivity index (χ4n) is 2.55. The van der Waals surface area contributed by atoms with E-state index in [1.165, 1.54) is 23.5 Å². The van der Waals surface area contributed by atoms with Crippen LogP contribution in [-0.4, -0.2) is 30.0 Å². The number of hydrogen-bond acceptors (Lipinski definition) is 6. The molecule has 4 aromatic rings. The predicted molar refractivity (Wildman–Crippen MR) is 95.5 cm³/mol. The largest absolute Gasteiger partial charge is 0.486 e. The van der Waals surface area contributed by atoms with Crippen LogP contribution in [0.25, 0.3) is 15.7 Å². The molecule has 0 aliphatic carbocycles. The summed E-state index contributed by atoms with van der Waals surface area (Å²) in [5, 5.41) is 20.9. The van der Waals surface area contributed by atoms with Gasteiger partial charge in [-0.15, -0.1) is 10.2 Å². The third-order valence-corrected chi connectivity index (χ3v) is 4.64. The van der Waals surface area contributed by atoms with Crippen molar-refractivity contribution in [1.82, 2.24) is 30.0 Å². The van der Waals surface area contributed by atoms with Gasteiger partial charge in [0.1, 0.15) is 23.9 Å². The lowest BCUT2D eigenvalue weighted by molar-refractivity contribution is 0.292. The van der Waals surface area contributed by atoms with Crippen LogP contribution in [0.4, 0.5) is 4.39 Å². The van der Waals surface area contributed by atoms with Gasteiger partial charge in [-0.3, -0.25) is 5.10 Å². The Morgan fingerprint density at radius 1 is 1.23 bits per heavy atom. The SMILES string of the molecule is CC(C)Cc1cc(-c2nn3c(COc4ccc(F)cc4)nnc3s2)n[nH]1. The Balaban J connectivity index is 1.53. The summed E-state index contributed by atoms with van der Waals surface area (Å²) < 4.78 is 20.2. The molecule has 3 aromatic heterocycles. The van der Waals surface area contributed by atoms with Gasteiger partial charge in [0.25, 0.3) is 0 Å². The molecule has 0 saturated carbocycles. The van der Waals surface area contributed by atoms with Gasteiger partial charge in [-0.1, -0.05) is 25.2 Å². The summed E-state index contributed by atoms with van der Waals surface area (Å²) in [6.45, 7) is 4.52. The molecular weight excluding hydrogens is 355 g/mol. The lowest BCUT2D eigenvalue weighted by atomic mass is 10.1. The normalized spacial score (nSPS) is 11.5. The van der Waals surface area contributed by atoms with Crippen molar-refractivity contribution in [2.75, 3.05) is 0 Å². The Labute approximate surface area is 152 Å². The van der Waals surface area contributed by atoms with Gasteiger partial charge in [0.2, 0.25) is 4.96 Å². The molecule has 0 fully saturated rings. The second-order valence-electron chi connectivity index (χ2n) is 6.34. The molecule has 134 valence electrons. The number of aromatic amines is 1. The molecular formula is C17H17FN6OS. The third kappa shape index (κ3) is 3.43. The zero-order chi connectivity index (χ0) is 18.1. The number of hydrogen-bond donors (Lipinski definition) is 1. The first-order chi connectivity index (χ1) is 12.6. The maximum absolute atomic E-state index is 12.9. The molecule has 0 spiro atoms. The fraction of sp³-hybridized carbons (Fsp3) is 0.294. The monoisotopic (exact) mass is 372 g/mol. The highest BCUT2D eigenvalue weighted by Crippen LogP contribution is 2.25. The topological polar surface area (TPSA) is 81.0 Å². The van der Waals surface area contributed by atoms with Gasteiger partial charge in [0, 0.05) is 5.69 Å². The van der Waals surface area contributed by atoms with Crippen molar-refractivity contribution in [3.8, 4) is 16.5 Å². The smallest absolute Gasteiger partial charge is 0.235 e. The van der Waals surface area contributed by atoms with E-state index in [9.17, 15) is 4.39 Å². The number of benzene rings is 1. The van der Waals surface area contributed by atoms with Crippen LogP contribution in [0.2, 0.25) is 0 Å². The Morgan fingerprint density at radius 3 is 2.81 bits per heavy atom. The minimum absolute atomic E-state index is 0.190. The Hall–Kier alpha value is -2.81. The summed E-state index contributed by atoms with van der Waals surface area (Å²) in [6, 6.07) is 7.85. The van der Waals surface area contributed by atoms with Crippen LogP contribution >= 0.6 is 11.3 Å². The molecule has 26 heavy (non-hydrogen) atoms. The molecule has 1 N–H and O–H groups in total. The maximum atomic E-state index is 12.9. The Morgan fingerprint density at radius 2 is 2.04 bits per heavy atom. The molecule has 3 heterocycles. The molecule has 0 unspecified atom stereocenters. The number of nitrogens with zero attached hydrogens (tertiary/aromatic N) is 5. The standard InChI is InChI=1S/C17H17FN6OS/c1-10(2)7-12-8-14(20-19-12)16-23-24-15(21-22-17(24)26-16)9-25-13-5-3-11(18)4-6-13/h3-6,8,10H,7,9H2,1-2H3,(H,19,20). The second-order valence-corrected chi connectivity index (χ2v) is 7.29. The number of fused-ring (bicyclic) bond motifs is 1. The lowest BCUT2D eigenvalue weighted by Crippen LogP contribution is -2.02. The van der Waals surface area contributed by atoms with Gasteiger partial charge in [-0.25, -0.2) is 4.39 Å². The van der Waals surface area contributed by atoms with Crippen molar-refractivity contribution in [2.24, 2.45) is 5.92 Å². The highest BCUT2D eigenvalue weighted by atomic mass is 32.1. The third-order valence-electron chi connectivity index (χ3n) is 3.72. The zero-order valence-corrected chi connectivity index (χ0v) is 15.1. The molecule has 0 saturated heterocycles. The summed E-state index contributed by atoms with van der Waals surface area (Å²) in [6.07, 6.45) is 0.938. The molecule has 0 aliphatic heterocycles. The number of rotatable bonds is 6. The number of nitrogens with one attached hydrogen (secondary N) is 1. The van der Waals surface area contributed by atoms with Crippen LogP contribution in [0.3, 0.4) is 0 Å². The van der Waals surface area contributed by atoms with E-state index in [-0.39, 0.29) is 12.4 Å². The molecule has 1 aromatic carbocycles. The van der Waals surface area contributed by atoms with Crippen LogP contribution in [0.5, 0.6) is 5.75 Å². The molecule has 0 aliphatic rings.